The van der Waals surface area contributed by atoms with Gasteiger partial charge in [-0.2, -0.15) is 0 Å². The molecule has 2 N–H and O–H groups in total. The summed E-state index contributed by atoms with van der Waals surface area (Å²) in [5.41, 5.74) is 2.67. The van der Waals surface area contributed by atoms with Crippen LogP contribution >= 0.6 is 24.0 Å². The average Bonchev–Trinajstić information content (AvgIpc) is 2.73. The van der Waals surface area contributed by atoms with Crippen LogP contribution in [0.5, 0.6) is 0 Å². The smallest absolute Gasteiger partial charge is 0.191 e. The molecule has 0 bridgehead atoms. The van der Waals surface area contributed by atoms with E-state index >= 15 is 0 Å². The number of guanidine groups is 1. The van der Waals surface area contributed by atoms with E-state index in [9.17, 15) is 0 Å². The van der Waals surface area contributed by atoms with Crippen LogP contribution in [0.2, 0.25) is 0 Å². The van der Waals surface area contributed by atoms with Crippen molar-refractivity contribution in [3.63, 3.8) is 0 Å². The van der Waals surface area contributed by atoms with E-state index in [4.69, 9.17) is 9.73 Å². The lowest BCUT2D eigenvalue weighted by Gasteiger charge is -2.27. The molecule has 7 heteroatoms. The highest BCUT2D eigenvalue weighted by atomic mass is 127. The van der Waals surface area contributed by atoms with E-state index in [2.05, 4.69) is 65.5 Å². The van der Waals surface area contributed by atoms with Gasteiger partial charge in [0.25, 0.3) is 0 Å². The van der Waals surface area contributed by atoms with Gasteiger partial charge >= 0.3 is 0 Å². The molecule has 1 aromatic carbocycles. The molecular formula is C22H40IN5O. The van der Waals surface area contributed by atoms with Gasteiger partial charge in [0.1, 0.15) is 0 Å². The molecule has 1 heterocycles. The van der Waals surface area contributed by atoms with Crippen LogP contribution < -0.4 is 10.6 Å². The fraction of sp³-hybridized carbons (Fsp3) is 0.682. The minimum atomic E-state index is 0. The van der Waals surface area contributed by atoms with Crippen LogP contribution in [0, 0.1) is 0 Å². The van der Waals surface area contributed by atoms with Crippen LogP contribution in [0.25, 0.3) is 0 Å². The van der Waals surface area contributed by atoms with Gasteiger partial charge < -0.3 is 20.3 Å². The van der Waals surface area contributed by atoms with Gasteiger partial charge in [-0.1, -0.05) is 38.1 Å². The van der Waals surface area contributed by atoms with E-state index in [1.807, 2.05) is 0 Å². The van der Waals surface area contributed by atoms with Crippen molar-refractivity contribution in [1.29, 1.82) is 0 Å². The van der Waals surface area contributed by atoms with Crippen LogP contribution in [-0.2, 0) is 17.8 Å². The van der Waals surface area contributed by atoms with Crippen molar-refractivity contribution >= 4 is 29.9 Å². The number of hydrogen-bond acceptors (Lipinski definition) is 4. The zero-order chi connectivity index (χ0) is 20.0. The van der Waals surface area contributed by atoms with Gasteiger partial charge in [-0.25, -0.2) is 4.99 Å². The molecular weight excluding hydrogens is 477 g/mol. The number of ether oxygens (including phenoxy) is 1. The highest BCUT2D eigenvalue weighted by Crippen LogP contribution is 2.14. The van der Waals surface area contributed by atoms with E-state index in [0.29, 0.717) is 6.54 Å². The van der Waals surface area contributed by atoms with Gasteiger partial charge in [0.15, 0.2) is 5.96 Å². The first-order chi connectivity index (χ1) is 13.8. The summed E-state index contributed by atoms with van der Waals surface area (Å²) in [6, 6.07) is 8.66. The van der Waals surface area contributed by atoms with Crippen molar-refractivity contribution in [2.24, 2.45) is 4.99 Å². The molecule has 0 aliphatic carbocycles. The number of benzene rings is 1. The molecule has 166 valence electrons. The molecule has 6 nitrogen and oxygen atoms in total. The van der Waals surface area contributed by atoms with Crippen LogP contribution in [0.1, 0.15) is 38.3 Å². The Balaban J connectivity index is 0.00000420. The minimum Gasteiger partial charge on any atom is -0.379 e. The SMILES string of the molecule is CCNC(=NCc1ccccc1CN1CCOCC1)NCCCN(CC)CC.I. The number of halogens is 1. The van der Waals surface area contributed by atoms with Gasteiger partial charge in [0, 0.05) is 32.7 Å². The average molecular weight is 518 g/mol. The standard InChI is InChI=1S/C22H39N5O.HI/c1-4-23-22(24-12-9-13-26(5-2)6-3)25-18-20-10-7-8-11-21(20)19-27-14-16-28-17-15-27;/h7-8,10-11H,4-6,9,12-19H2,1-3H3,(H2,23,24,25);1H. The number of aliphatic imine (C=N–C) groups is 1. The Morgan fingerprint density at radius 3 is 2.41 bits per heavy atom. The third-order valence-corrected chi connectivity index (χ3v) is 5.21. The summed E-state index contributed by atoms with van der Waals surface area (Å²) < 4.78 is 5.47. The Kier molecular flexibility index (Phi) is 14.3. The van der Waals surface area contributed by atoms with Crippen LogP contribution in [0.4, 0.5) is 0 Å². The fourth-order valence-corrected chi connectivity index (χ4v) is 3.42. The zero-order valence-electron chi connectivity index (χ0n) is 18.5. The Hall–Kier alpha value is -0.900. The van der Waals surface area contributed by atoms with Crippen LogP contribution in [-0.4, -0.2) is 74.8 Å². The van der Waals surface area contributed by atoms with Crippen molar-refractivity contribution in [3.05, 3.63) is 35.4 Å². The van der Waals surface area contributed by atoms with Crippen molar-refractivity contribution < 1.29 is 4.74 Å². The monoisotopic (exact) mass is 517 g/mol. The summed E-state index contributed by atoms with van der Waals surface area (Å²) in [5, 5.41) is 6.85. The molecule has 0 atom stereocenters. The second kappa shape index (κ2) is 15.9. The predicted molar refractivity (Wildman–Crippen MR) is 133 cm³/mol. The summed E-state index contributed by atoms with van der Waals surface area (Å²) in [4.78, 5) is 9.75. The quantitative estimate of drug-likeness (QED) is 0.205. The topological polar surface area (TPSA) is 52.1 Å². The highest BCUT2D eigenvalue weighted by molar-refractivity contribution is 14.0. The third-order valence-electron chi connectivity index (χ3n) is 5.21. The second-order valence-electron chi connectivity index (χ2n) is 7.16. The van der Waals surface area contributed by atoms with E-state index < -0.39 is 0 Å². The third kappa shape index (κ3) is 10.1. The van der Waals surface area contributed by atoms with Gasteiger partial charge in [0.2, 0.25) is 0 Å². The molecule has 0 aromatic heterocycles. The molecule has 1 aromatic rings. The van der Waals surface area contributed by atoms with Gasteiger partial charge in [-0.05, 0) is 44.1 Å². The van der Waals surface area contributed by atoms with Gasteiger partial charge in [0.05, 0.1) is 19.8 Å². The Morgan fingerprint density at radius 1 is 1.07 bits per heavy atom. The van der Waals surface area contributed by atoms with Gasteiger partial charge in [-0.15, -0.1) is 24.0 Å². The lowest BCUT2D eigenvalue weighted by atomic mass is 10.1. The van der Waals surface area contributed by atoms with Gasteiger partial charge in [-0.3, -0.25) is 4.90 Å². The predicted octanol–water partition coefficient (Wildman–Crippen LogP) is 2.92. The van der Waals surface area contributed by atoms with Crippen molar-refractivity contribution in [1.82, 2.24) is 20.4 Å². The van der Waals surface area contributed by atoms with E-state index in [-0.39, 0.29) is 24.0 Å². The first-order valence-electron chi connectivity index (χ1n) is 10.9. The molecule has 0 amide bonds. The Morgan fingerprint density at radius 2 is 1.76 bits per heavy atom. The molecule has 1 saturated heterocycles. The lowest BCUT2D eigenvalue weighted by Crippen LogP contribution is -2.39. The maximum atomic E-state index is 5.47. The minimum absolute atomic E-state index is 0. The van der Waals surface area contributed by atoms with Crippen molar-refractivity contribution in [3.8, 4) is 0 Å². The molecule has 2 rings (SSSR count). The molecule has 1 fully saturated rings. The van der Waals surface area contributed by atoms with Crippen molar-refractivity contribution in [2.75, 3.05) is 59.0 Å². The number of morpholine rings is 1. The zero-order valence-corrected chi connectivity index (χ0v) is 20.8. The number of hydrogen-bond donors (Lipinski definition) is 2. The second-order valence-corrected chi connectivity index (χ2v) is 7.16. The number of nitrogens with one attached hydrogen (secondary N) is 2. The maximum absolute atomic E-state index is 5.47. The normalized spacial score (nSPS) is 15.2. The number of nitrogens with zero attached hydrogens (tertiary/aromatic N) is 3. The van der Waals surface area contributed by atoms with E-state index in [1.54, 1.807) is 0 Å². The molecule has 29 heavy (non-hydrogen) atoms. The molecule has 0 unspecified atom stereocenters. The first-order valence-corrected chi connectivity index (χ1v) is 10.9. The Labute approximate surface area is 194 Å². The fourth-order valence-electron chi connectivity index (χ4n) is 3.42. The summed E-state index contributed by atoms with van der Waals surface area (Å²) in [6.07, 6.45) is 1.12. The first kappa shape index (κ1) is 26.1. The van der Waals surface area contributed by atoms with Crippen LogP contribution in [0.3, 0.4) is 0 Å². The van der Waals surface area contributed by atoms with Crippen LogP contribution in [0.15, 0.2) is 29.3 Å². The maximum Gasteiger partial charge on any atom is 0.191 e. The highest BCUT2D eigenvalue weighted by Gasteiger charge is 2.12. The molecule has 1 aliphatic heterocycles. The van der Waals surface area contributed by atoms with E-state index in [1.165, 1.54) is 11.1 Å². The molecule has 0 spiro atoms. The summed E-state index contributed by atoms with van der Waals surface area (Å²) in [7, 11) is 0. The Bertz CT molecular complexity index is 574. The molecule has 0 radical (unpaired) electrons. The summed E-state index contributed by atoms with van der Waals surface area (Å²) >= 11 is 0. The van der Waals surface area contributed by atoms with Crippen molar-refractivity contribution in [2.45, 2.75) is 40.3 Å². The lowest BCUT2D eigenvalue weighted by molar-refractivity contribution is 0.0341. The summed E-state index contributed by atoms with van der Waals surface area (Å²) in [6.45, 7) is 17.1. The number of rotatable bonds is 11. The summed E-state index contributed by atoms with van der Waals surface area (Å²) in [5.74, 6) is 0.906. The van der Waals surface area contributed by atoms with E-state index in [0.717, 1.165) is 78.0 Å². The largest absolute Gasteiger partial charge is 0.379 e. The molecule has 1 aliphatic rings. The molecule has 0 saturated carbocycles.